The minimum absolute atomic E-state index is 0.125. The summed E-state index contributed by atoms with van der Waals surface area (Å²) < 4.78 is 0. The number of carbonyl (C=O) groups excluding carboxylic acids is 2. The molecule has 4 rings (SSSR count). The van der Waals surface area contributed by atoms with E-state index in [4.69, 9.17) is 0 Å². The maximum absolute atomic E-state index is 12.4. The number of carbonyl (C=O) groups is 2. The fourth-order valence-electron chi connectivity index (χ4n) is 5.90. The van der Waals surface area contributed by atoms with Crippen LogP contribution < -0.4 is 0 Å². The number of aliphatic hydroxyl groups excluding tert-OH is 1. The Labute approximate surface area is 131 Å². The summed E-state index contributed by atoms with van der Waals surface area (Å²) in [4.78, 5) is 24.1. The summed E-state index contributed by atoms with van der Waals surface area (Å²) in [7, 11) is 0. The molecule has 0 aromatic carbocycles. The Hall–Kier alpha value is -1.22. The summed E-state index contributed by atoms with van der Waals surface area (Å²) in [5, 5.41) is 10.9. The van der Waals surface area contributed by atoms with Gasteiger partial charge in [0.1, 0.15) is 5.78 Å². The molecule has 2 saturated carbocycles. The summed E-state index contributed by atoms with van der Waals surface area (Å²) >= 11 is 0. The molecule has 2 fully saturated rings. The second-order valence-electron chi connectivity index (χ2n) is 8.20. The van der Waals surface area contributed by atoms with E-state index in [1.54, 1.807) is 6.08 Å². The van der Waals surface area contributed by atoms with Crippen LogP contribution in [0.25, 0.3) is 0 Å². The Balaban J connectivity index is 1.81. The molecule has 0 aromatic rings. The zero-order valence-electron chi connectivity index (χ0n) is 13.3. The Bertz CT molecular complexity index is 616. The second kappa shape index (κ2) is 4.41. The van der Waals surface area contributed by atoms with Crippen LogP contribution in [-0.2, 0) is 9.59 Å². The molecule has 22 heavy (non-hydrogen) atoms. The molecule has 0 heterocycles. The van der Waals surface area contributed by atoms with E-state index in [9.17, 15) is 14.7 Å². The highest BCUT2D eigenvalue weighted by atomic mass is 16.3. The van der Waals surface area contributed by atoms with Gasteiger partial charge in [0.2, 0.25) is 0 Å². The van der Waals surface area contributed by atoms with Gasteiger partial charge in [-0.3, -0.25) is 9.59 Å². The van der Waals surface area contributed by atoms with Crippen molar-refractivity contribution >= 4 is 11.6 Å². The zero-order valence-corrected chi connectivity index (χ0v) is 13.3. The summed E-state index contributed by atoms with van der Waals surface area (Å²) in [6.45, 7) is 4.26. The number of hydrogen-bond acceptors (Lipinski definition) is 3. The van der Waals surface area contributed by atoms with Crippen molar-refractivity contribution < 1.29 is 14.7 Å². The standard InChI is InChI=1S/C19H24O3/c1-18-8-7-12(20)9-11(18)3-4-13-14-5-6-16(22)19(14,2)10-15(21)17(13)18/h3-4,9,13-15,17,21H,5-8,10H2,1-2H3/t13-,14-,15?,17+,18-,19-/m0/s1. The topological polar surface area (TPSA) is 54.4 Å². The van der Waals surface area contributed by atoms with Crippen molar-refractivity contribution in [2.24, 2.45) is 28.6 Å². The Morgan fingerprint density at radius 3 is 2.73 bits per heavy atom. The molecule has 0 amide bonds. The summed E-state index contributed by atoms with van der Waals surface area (Å²) in [6, 6.07) is 0. The molecule has 3 nitrogen and oxygen atoms in total. The van der Waals surface area contributed by atoms with Crippen LogP contribution in [0.15, 0.2) is 23.8 Å². The first-order valence-electron chi connectivity index (χ1n) is 8.51. The lowest BCUT2D eigenvalue weighted by Gasteiger charge is -2.56. The van der Waals surface area contributed by atoms with Crippen molar-refractivity contribution in [3.63, 3.8) is 0 Å². The molecule has 4 aliphatic rings. The quantitative estimate of drug-likeness (QED) is 0.748. The molecule has 0 radical (unpaired) electrons. The third-order valence-electron chi connectivity index (χ3n) is 7.17. The van der Waals surface area contributed by atoms with Crippen LogP contribution in [0.3, 0.4) is 0 Å². The van der Waals surface area contributed by atoms with Gasteiger partial charge in [-0.15, -0.1) is 0 Å². The maximum Gasteiger partial charge on any atom is 0.156 e. The van der Waals surface area contributed by atoms with Crippen LogP contribution in [0.5, 0.6) is 0 Å². The van der Waals surface area contributed by atoms with Crippen LogP contribution in [0.2, 0.25) is 0 Å². The minimum Gasteiger partial charge on any atom is -0.393 e. The average molecular weight is 300 g/mol. The zero-order chi connectivity index (χ0) is 15.7. The monoisotopic (exact) mass is 300 g/mol. The number of hydrogen-bond donors (Lipinski definition) is 1. The molecule has 0 aromatic heterocycles. The molecule has 4 aliphatic carbocycles. The molecule has 6 atom stereocenters. The third-order valence-corrected chi connectivity index (χ3v) is 7.17. The number of Topliss-reactive ketones (excluding diaryl/α,β-unsaturated/α-hetero) is 1. The number of aliphatic hydroxyl groups is 1. The van der Waals surface area contributed by atoms with Gasteiger partial charge in [-0.05, 0) is 48.2 Å². The van der Waals surface area contributed by atoms with Crippen LogP contribution >= 0.6 is 0 Å². The minimum atomic E-state index is -0.458. The number of allylic oxidation sites excluding steroid dienone is 4. The van der Waals surface area contributed by atoms with Gasteiger partial charge in [0.05, 0.1) is 6.10 Å². The molecule has 118 valence electrons. The van der Waals surface area contributed by atoms with E-state index < -0.39 is 6.10 Å². The average Bonchev–Trinajstić information content (AvgIpc) is 2.75. The predicted molar refractivity (Wildman–Crippen MR) is 83.0 cm³/mol. The lowest BCUT2D eigenvalue weighted by Crippen LogP contribution is -2.55. The van der Waals surface area contributed by atoms with Gasteiger partial charge < -0.3 is 5.11 Å². The first-order valence-corrected chi connectivity index (χ1v) is 8.51. The molecule has 3 heteroatoms. The fraction of sp³-hybridized carbons (Fsp3) is 0.684. The van der Waals surface area contributed by atoms with Gasteiger partial charge in [-0.2, -0.15) is 0 Å². The van der Waals surface area contributed by atoms with Crippen LogP contribution in [0.1, 0.15) is 46.0 Å². The fourth-order valence-corrected chi connectivity index (χ4v) is 5.90. The highest BCUT2D eigenvalue weighted by molar-refractivity contribution is 5.92. The summed E-state index contributed by atoms with van der Waals surface area (Å²) in [5.41, 5.74) is 0.601. The van der Waals surface area contributed by atoms with Gasteiger partial charge in [0.15, 0.2) is 5.78 Å². The van der Waals surface area contributed by atoms with Crippen molar-refractivity contribution in [1.82, 2.24) is 0 Å². The summed E-state index contributed by atoms with van der Waals surface area (Å²) in [6.07, 6.45) is 9.17. The number of fused-ring (bicyclic) bond motifs is 5. The molecule has 1 N–H and O–H groups in total. The number of rotatable bonds is 0. The highest BCUT2D eigenvalue weighted by Gasteiger charge is 2.61. The van der Waals surface area contributed by atoms with E-state index in [-0.39, 0.29) is 28.4 Å². The Kier molecular flexibility index (Phi) is 2.88. The maximum atomic E-state index is 12.4. The van der Waals surface area contributed by atoms with E-state index in [0.717, 1.165) is 18.4 Å². The molecule has 0 aliphatic heterocycles. The van der Waals surface area contributed by atoms with Crippen LogP contribution in [0.4, 0.5) is 0 Å². The summed E-state index contributed by atoms with van der Waals surface area (Å²) in [5.74, 6) is 1.27. The molecular weight excluding hydrogens is 276 g/mol. The predicted octanol–water partition coefficient (Wildman–Crippen LogP) is 2.83. The van der Waals surface area contributed by atoms with Gasteiger partial charge in [0, 0.05) is 24.2 Å². The smallest absolute Gasteiger partial charge is 0.156 e. The Morgan fingerprint density at radius 1 is 1.18 bits per heavy atom. The first kappa shape index (κ1) is 14.4. The van der Waals surface area contributed by atoms with Crippen molar-refractivity contribution in [3.8, 4) is 0 Å². The van der Waals surface area contributed by atoms with Crippen LogP contribution in [-0.4, -0.2) is 22.8 Å². The first-order chi connectivity index (χ1) is 10.4. The van der Waals surface area contributed by atoms with Crippen molar-refractivity contribution in [1.29, 1.82) is 0 Å². The van der Waals surface area contributed by atoms with E-state index in [1.165, 1.54) is 0 Å². The largest absolute Gasteiger partial charge is 0.393 e. The molecule has 0 bridgehead atoms. The molecule has 1 unspecified atom stereocenters. The second-order valence-corrected chi connectivity index (χ2v) is 8.20. The van der Waals surface area contributed by atoms with Gasteiger partial charge in [0.25, 0.3) is 0 Å². The molecule has 0 saturated heterocycles. The van der Waals surface area contributed by atoms with Crippen molar-refractivity contribution in [2.45, 2.75) is 52.1 Å². The lowest BCUT2D eigenvalue weighted by molar-refractivity contribution is -0.139. The third kappa shape index (κ3) is 1.66. The Morgan fingerprint density at radius 2 is 1.95 bits per heavy atom. The van der Waals surface area contributed by atoms with Gasteiger partial charge >= 0.3 is 0 Å². The lowest BCUT2D eigenvalue weighted by atomic mass is 9.48. The van der Waals surface area contributed by atoms with E-state index >= 15 is 0 Å². The highest BCUT2D eigenvalue weighted by Crippen LogP contribution is 2.62. The SMILES string of the molecule is C[C@]12CCC(=O)C=C1C=C[C@@H]1[C@@H]2C(O)C[C@]2(C)C(=O)CC[C@@H]12. The normalized spacial score (nSPS) is 50.2. The van der Waals surface area contributed by atoms with Gasteiger partial charge in [-0.25, -0.2) is 0 Å². The van der Waals surface area contributed by atoms with E-state index in [1.807, 2.05) is 0 Å². The molecular formula is C19H24O3. The van der Waals surface area contributed by atoms with E-state index in [0.29, 0.717) is 31.0 Å². The van der Waals surface area contributed by atoms with Crippen LogP contribution in [0, 0.1) is 28.6 Å². The number of ketones is 2. The van der Waals surface area contributed by atoms with E-state index in [2.05, 4.69) is 26.0 Å². The van der Waals surface area contributed by atoms with Crippen molar-refractivity contribution in [3.05, 3.63) is 23.8 Å². The molecule has 0 spiro atoms. The van der Waals surface area contributed by atoms with Crippen molar-refractivity contribution in [2.75, 3.05) is 0 Å². The van der Waals surface area contributed by atoms with Gasteiger partial charge in [-0.1, -0.05) is 26.0 Å².